The summed E-state index contributed by atoms with van der Waals surface area (Å²) in [5.41, 5.74) is 5.04. The summed E-state index contributed by atoms with van der Waals surface area (Å²) in [6.07, 6.45) is 0.984. The molecule has 1 aliphatic heterocycles. The van der Waals surface area contributed by atoms with Gasteiger partial charge in [-0.25, -0.2) is 0 Å². The van der Waals surface area contributed by atoms with Crippen LogP contribution in [0.1, 0.15) is 28.4 Å². The van der Waals surface area contributed by atoms with Crippen molar-refractivity contribution in [2.45, 2.75) is 19.9 Å². The highest BCUT2D eigenvalue weighted by atomic mass is 16.5. The molecule has 142 valence electrons. The third kappa shape index (κ3) is 3.72. The first kappa shape index (κ1) is 18.1. The van der Waals surface area contributed by atoms with Crippen molar-refractivity contribution in [3.05, 3.63) is 89.5 Å². The molecule has 0 saturated heterocycles. The third-order valence-corrected chi connectivity index (χ3v) is 5.03. The molecule has 0 spiro atoms. The molecule has 0 fully saturated rings. The van der Waals surface area contributed by atoms with Crippen molar-refractivity contribution in [2.75, 3.05) is 23.4 Å². The second-order valence-electron chi connectivity index (χ2n) is 6.84. The van der Waals surface area contributed by atoms with Crippen LogP contribution in [0.4, 0.5) is 11.4 Å². The van der Waals surface area contributed by atoms with E-state index in [9.17, 15) is 4.79 Å². The van der Waals surface area contributed by atoms with Crippen LogP contribution >= 0.6 is 0 Å². The summed E-state index contributed by atoms with van der Waals surface area (Å²) in [6.45, 7) is 3.90. The van der Waals surface area contributed by atoms with Crippen molar-refractivity contribution in [1.82, 2.24) is 0 Å². The maximum absolute atomic E-state index is 13.1. The van der Waals surface area contributed by atoms with Crippen LogP contribution in [0.3, 0.4) is 0 Å². The lowest BCUT2D eigenvalue weighted by Crippen LogP contribution is -2.37. The fourth-order valence-corrected chi connectivity index (χ4v) is 3.55. The lowest BCUT2D eigenvalue weighted by Gasteiger charge is -2.29. The second kappa shape index (κ2) is 8.17. The van der Waals surface area contributed by atoms with E-state index >= 15 is 0 Å². The quantitative estimate of drug-likeness (QED) is 0.693. The number of aryl methyl sites for hydroxylation is 1. The molecule has 0 unspecified atom stereocenters. The zero-order valence-electron chi connectivity index (χ0n) is 16.0. The molecular weight excluding hydrogens is 348 g/mol. The average molecular weight is 372 g/mol. The Balaban J connectivity index is 1.52. The molecule has 0 atom stereocenters. The number of hydrogen-bond donors (Lipinski definition) is 1. The minimum atomic E-state index is 0.00607. The molecule has 1 N–H and O–H groups in total. The van der Waals surface area contributed by atoms with Gasteiger partial charge in [0.05, 0.1) is 12.2 Å². The van der Waals surface area contributed by atoms with Crippen LogP contribution in [0.25, 0.3) is 0 Å². The number of rotatable bonds is 5. The minimum absolute atomic E-state index is 0.00607. The van der Waals surface area contributed by atoms with Crippen LogP contribution in [0.5, 0.6) is 5.75 Å². The number of para-hydroxylation sites is 3. The largest absolute Gasteiger partial charge is 0.490 e. The fourth-order valence-electron chi connectivity index (χ4n) is 3.55. The number of amides is 1. The van der Waals surface area contributed by atoms with Crippen molar-refractivity contribution in [2.24, 2.45) is 0 Å². The van der Waals surface area contributed by atoms with Crippen molar-refractivity contribution in [1.29, 1.82) is 0 Å². The highest BCUT2D eigenvalue weighted by Crippen LogP contribution is 2.32. The number of benzene rings is 3. The Morgan fingerprint density at radius 1 is 1.04 bits per heavy atom. The Morgan fingerprint density at radius 2 is 1.86 bits per heavy atom. The van der Waals surface area contributed by atoms with Crippen LogP contribution < -0.4 is 15.0 Å². The number of nitrogens with zero attached hydrogens (tertiary/aromatic N) is 1. The SMILES string of the molecule is CCc1ccccc1NCc1cccc(C(=O)N2CCOc3ccccc32)c1. The van der Waals surface area contributed by atoms with Gasteiger partial charge in [-0.2, -0.15) is 0 Å². The standard InChI is InChI=1S/C24H24N2O2/c1-2-19-9-3-4-11-21(19)25-17-18-8-7-10-20(16-18)24(27)26-14-15-28-23-13-6-5-12-22(23)26/h3-13,16,25H,2,14-15,17H2,1H3. The molecule has 0 bridgehead atoms. The first-order valence-electron chi connectivity index (χ1n) is 9.70. The number of ether oxygens (including phenoxy) is 1. The van der Waals surface area contributed by atoms with Gasteiger partial charge in [0.2, 0.25) is 0 Å². The minimum Gasteiger partial charge on any atom is -0.490 e. The van der Waals surface area contributed by atoms with E-state index in [1.165, 1.54) is 5.56 Å². The fraction of sp³-hybridized carbons (Fsp3) is 0.208. The molecule has 0 aromatic heterocycles. The monoisotopic (exact) mass is 372 g/mol. The summed E-state index contributed by atoms with van der Waals surface area (Å²) in [5, 5.41) is 3.50. The Kier molecular flexibility index (Phi) is 5.29. The summed E-state index contributed by atoms with van der Waals surface area (Å²) in [7, 11) is 0. The number of anilines is 2. The van der Waals surface area contributed by atoms with Gasteiger partial charge in [0, 0.05) is 17.8 Å². The van der Waals surface area contributed by atoms with E-state index in [-0.39, 0.29) is 5.91 Å². The predicted molar refractivity (Wildman–Crippen MR) is 113 cm³/mol. The van der Waals surface area contributed by atoms with E-state index in [0.717, 1.165) is 29.1 Å². The molecule has 1 amide bonds. The lowest BCUT2D eigenvalue weighted by molar-refractivity contribution is 0.0976. The molecule has 0 radical (unpaired) electrons. The normalized spacial score (nSPS) is 12.8. The Morgan fingerprint density at radius 3 is 2.75 bits per heavy atom. The molecule has 0 aliphatic carbocycles. The van der Waals surface area contributed by atoms with Gasteiger partial charge in [0.25, 0.3) is 5.91 Å². The number of fused-ring (bicyclic) bond motifs is 1. The number of nitrogens with one attached hydrogen (secondary N) is 1. The Bertz CT molecular complexity index is 984. The highest BCUT2D eigenvalue weighted by Gasteiger charge is 2.24. The van der Waals surface area contributed by atoms with Crippen LogP contribution in [0.2, 0.25) is 0 Å². The number of carbonyl (C=O) groups excluding carboxylic acids is 1. The van der Waals surface area contributed by atoms with Gasteiger partial charge in [0.1, 0.15) is 12.4 Å². The van der Waals surface area contributed by atoms with Gasteiger partial charge in [-0.15, -0.1) is 0 Å². The topological polar surface area (TPSA) is 41.6 Å². The third-order valence-electron chi connectivity index (χ3n) is 5.03. The molecule has 1 heterocycles. The van der Waals surface area contributed by atoms with Gasteiger partial charge in [-0.3, -0.25) is 4.79 Å². The summed E-state index contributed by atoms with van der Waals surface area (Å²) in [4.78, 5) is 14.9. The van der Waals surface area contributed by atoms with Crippen LogP contribution in [-0.4, -0.2) is 19.1 Å². The van der Waals surface area contributed by atoms with E-state index in [2.05, 4.69) is 30.4 Å². The van der Waals surface area contributed by atoms with E-state index in [0.29, 0.717) is 25.3 Å². The zero-order chi connectivity index (χ0) is 19.3. The summed E-state index contributed by atoms with van der Waals surface area (Å²) >= 11 is 0. The van der Waals surface area contributed by atoms with Gasteiger partial charge < -0.3 is 15.0 Å². The van der Waals surface area contributed by atoms with Crippen LogP contribution in [-0.2, 0) is 13.0 Å². The molecule has 4 rings (SSSR count). The van der Waals surface area contributed by atoms with E-state index in [1.54, 1.807) is 4.90 Å². The van der Waals surface area contributed by atoms with Gasteiger partial charge in [-0.1, -0.05) is 49.4 Å². The highest BCUT2D eigenvalue weighted by molar-refractivity contribution is 6.07. The van der Waals surface area contributed by atoms with Gasteiger partial charge in [0.15, 0.2) is 0 Å². The molecule has 0 saturated carbocycles. The smallest absolute Gasteiger partial charge is 0.258 e. The maximum atomic E-state index is 13.1. The van der Waals surface area contributed by atoms with Gasteiger partial charge in [-0.05, 0) is 47.9 Å². The van der Waals surface area contributed by atoms with Gasteiger partial charge >= 0.3 is 0 Å². The summed E-state index contributed by atoms with van der Waals surface area (Å²) in [5.74, 6) is 0.766. The van der Waals surface area contributed by atoms with Crippen molar-refractivity contribution in [3.8, 4) is 5.75 Å². The van der Waals surface area contributed by atoms with Crippen molar-refractivity contribution < 1.29 is 9.53 Å². The van der Waals surface area contributed by atoms with E-state index in [1.807, 2.05) is 54.6 Å². The zero-order valence-corrected chi connectivity index (χ0v) is 16.0. The van der Waals surface area contributed by atoms with Crippen molar-refractivity contribution in [3.63, 3.8) is 0 Å². The average Bonchev–Trinajstić information content (AvgIpc) is 2.77. The van der Waals surface area contributed by atoms with E-state index in [4.69, 9.17) is 4.74 Å². The van der Waals surface area contributed by atoms with Crippen LogP contribution in [0, 0.1) is 0 Å². The lowest BCUT2D eigenvalue weighted by atomic mass is 10.1. The molecule has 3 aromatic carbocycles. The summed E-state index contributed by atoms with van der Waals surface area (Å²) in [6, 6.07) is 23.9. The first-order chi connectivity index (χ1) is 13.8. The molecule has 4 nitrogen and oxygen atoms in total. The Labute approximate surface area is 165 Å². The molecular formula is C24H24N2O2. The summed E-state index contributed by atoms with van der Waals surface area (Å²) < 4.78 is 5.67. The van der Waals surface area contributed by atoms with Crippen LogP contribution in [0.15, 0.2) is 72.8 Å². The Hall–Kier alpha value is -3.27. The second-order valence-corrected chi connectivity index (χ2v) is 6.84. The predicted octanol–water partition coefficient (Wildman–Crippen LogP) is 4.90. The molecule has 3 aromatic rings. The molecule has 28 heavy (non-hydrogen) atoms. The maximum Gasteiger partial charge on any atom is 0.258 e. The molecule has 4 heteroatoms. The number of hydrogen-bond acceptors (Lipinski definition) is 3. The first-order valence-corrected chi connectivity index (χ1v) is 9.70. The van der Waals surface area contributed by atoms with Crippen molar-refractivity contribution >= 4 is 17.3 Å². The number of carbonyl (C=O) groups is 1. The molecule has 1 aliphatic rings. The van der Waals surface area contributed by atoms with E-state index < -0.39 is 0 Å².